The van der Waals surface area contributed by atoms with Gasteiger partial charge in [-0.3, -0.25) is 0 Å². The van der Waals surface area contributed by atoms with E-state index in [1.165, 1.54) is 12.4 Å². The second-order valence-electron chi connectivity index (χ2n) is 5.04. The van der Waals surface area contributed by atoms with E-state index in [1.54, 1.807) is 0 Å². The lowest BCUT2D eigenvalue weighted by molar-refractivity contribution is 0.0372. The lowest BCUT2D eigenvalue weighted by Gasteiger charge is -2.24. The standard InChI is InChI=1S/C14H15IN8O/c15-14-11(19-7-10-6-17-1-2-24-10)3-12(22-23-14)21-13-8-18-9(4-16)5-20-13/h3,5,8,10,17H,1-2,6-7H2,(H2,19,20,21,22)/t10-/m0/s1. The van der Waals surface area contributed by atoms with Gasteiger partial charge in [0.2, 0.25) is 0 Å². The molecule has 2 aromatic rings. The Morgan fingerprint density at radius 1 is 1.33 bits per heavy atom. The van der Waals surface area contributed by atoms with E-state index in [4.69, 9.17) is 10.00 Å². The normalized spacial score (nSPS) is 17.1. The molecule has 1 aliphatic heterocycles. The van der Waals surface area contributed by atoms with Gasteiger partial charge >= 0.3 is 0 Å². The minimum atomic E-state index is 0.128. The van der Waals surface area contributed by atoms with Gasteiger partial charge in [0.25, 0.3) is 0 Å². The molecule has 124 valence electrons. The Bertz CT molecular complexity index is 727. The van der Waals surface area contributed by atoms with E-state index in [9.17, 15) is 0 Å². The summed E-state index contributed by atoms with van der Waals surface area (Å²) in [4.78, 5) is 8.06. The van der Waals surface area contributed by atoms with Crippen molar-refractivity contribution in [2.24, 2.45) is 0 Å². The predicted octanol–water partition coefficient (Wildman–Crippen LogP) is 0.887. The average molecular weight is 438 g/mol. The molecule has 0 spiro atoms. The molecule has 3 heterocycles. The highest BCUT2D eigenvalue weighted by atomic mass is 127. The topological polar surface area (TPSA) is 121 Å². The number of morpholine rings is 1. The Hall–Kier alpha value is -2.10. The van der Waals surface area contributed by atoms with Crippen molar-refractivity contribution in [3.8, 4) is 6.07 Å². The number of hydrogen-bond donors (Lipinski definition) is 3. The van der Waals surface area contributed by atoms with Crippen LogP contribution in [0.15, 0.2) is 18.5 Å². The van der Waals surface area contributed by atoms with Gasteiger partial charge in [0.05, 0.1) is 30.8 Å². The maximum absolute atomic E-state index is 8.73. The molecule has 3 rings (SSSR count). The summed E-state index contributed by atoms with van der Waals surface area (Å²) in [6.45, 7) is 3.13. The monoisotopic (exact) mass is 438 g/mol. The minimum Gasteiger partial charge on any atom is -0.380 e. The molecule has 1 fully saturated rings. The molecule has 0 radical (unpaired) electrons. The highest BCUT2D eigenvalue weighted by Gasteiger charge is 2.14. The van der Waals surface area contributed by atoms with Crippen molar-refractivity contribution in [2.45, 2.75) is 6.10 Å². The summed E-state index contributed by atoms with van der Waals surface area (Å²) in [5, 5.41) is 26.6. The number of aromatic nitrogens is 4. The van der Waals surface area contributed by atoms with Crippen LogP contribution >= 0.6 is 22.6 Å². The van der Waals surface area contributed by atoms with Gasteiger partial charge in [-0.2, -0.15) is 5.26 Å². The highest BCUT2D eigenvalue weighted by molar-refractivity contribution is 14.1. The predicted molar refractivity (Wildman–Crippen MR) is 95.9 cm³/mol. The summed E-state index contributed by atoms with van der Waals surface area (Å²) in [7, 11) is 0. The largest absolute Gasteiger partial charge is 0.380 e. The zero-order valence-electron chi connectivity index (χ0n) is 12.7. The number of anilines is 3. The summed E-state index contributed by atoms with van der Waals surface area (Å²) < 4.78 is 6.43. The van der Waals surface area contributed by atoms with Crippen LogP contribution in [0.1, 0.15) is 5.69 Å². The second-order valence-corrected chi connectivity index (χ2v) is 6.06. The number of rotatable bonds is 5. The summed E-state index contributed by atoms with van der Waals surface area (Å²) in [6.07, 6.45) is 3.01. The quantitative estimate of drug-likeness (QED) is 0.585. The number of halogens is 1. The van der Waals surface area contributed by atoms with Crippen molar-refractivity contribution in [1.29, 1.82) is 5.26 Å². The van der Waals surface area contributed by atoms with E-state index in [-0.39, 0.29) is 11.8 Å². The van der Waals surface area contributed by atoms with Crippen molar-refractivity contribution in [3.63, 3.8) is 0 Å². The number of ether oxygens (including phenoxy) is 1. The first kappa shape index (κ1) is 16.7. The molecule has 0 aromatic carbocycles. The third kappa shape index (κ3) is 4.47. The molecule has 10 heteroatoms. The van der Waals surface area contributed by atoms with Crippen molar-refractivity contribution in [3.05, 3.63) is 27.9 Å². The van der Waals surface area contributed by atoms with Gasteiger partial charge in [0, 0.05) is 25.7 Å². The lowest BCUT2D eigenvalue weighted by Crippen LogP contribution is -2.42. The first-order valence-electron chi connectivity index (χ1n) is 7.33. The smallest absolute Gasteiger partial charge is 0.158 e. The summed E-state index contributed by atoms with van der Waals surface area (Å²) >= 11 is 2.13. The molecule has 1 saturated heterocycles. The van der Waals surface area contributed by atoms with E-state index in [0.29, 0.717) is 18.2 Å². The van der Waals surface area contributed by atoms with Crippen molar-refractivity contribution in [1.82, 2.24) is 25.5 Å². The fourth-order valence-electron chi connectivity index (χ4n) is 2.12. The van der Waals surface area contributed by atoms with E-state index in [0.717, 1.165) is 29.1 Å². The summed E-state index contributed by atoms with van der Waals surface area (Å²) in [5.74, 6) is 1.04. The third-order valence-electron chi connectivity index (χ3n) is 3.30. The van der Waals surface area contributed by atoms with Crippen LogP contribution in [0, 0.1) is 15.0 Å². The van der Waals surface area contributed by atoms with Crippen LogP contribution in [0.25, 0.3) is 0 Å². The van der Waals surface area contributed by atoms with Gasteiger partial charge in [-0.1, -0.05) is 0 Å². The van der Waals surface area contributed by atoms with Gasteiger partial charge in [0.15, 0.2) is 11.5 Å². The third-order valence-corrected chi connectivity index (χ3v) is 4.09. The lowest BCUT2D eigenvalue weighted by atomic mass is 10.3. The molecule has 2 aromatic heterocycles. The number of nitriles is 1. The Kier molecular flexibility index (Phi) is 5.68. The Labute approximate surface area is 152 Å². The van der Waals surface area contributed by atoms with Gasteiger partial charge in [-0.05, 0) is 22.6 Å². The van der Waals surface area contributed by atoms with Gasteiger partial charge in [-0.25, -0.2) is 9.97 Å². The van der Waals surface area contributed by atoms with Crippen LogP contribution in [-0.4, -0.2) is 52.5 Å². The molecule has 9 nitrogen and oxygen atoms in total. The molecule has 1 aliphatic rings. The summed E-state index contributed by atoms with van der Waals surface area (Å²) in [6, 6.07) is 3.78. The molecule has 0 amide bonds. The van der Waals surface area contributed by atoms with Crippen molar-refractivity contribution in [2.75, 3.05) is 36.9 Å². The number of nitrogens with zero attached hydrogens (tertiary/aromatic N) is 5. The minimum absolute atomic E-state index is 0.128. The second kappa shape index (κ2) is 8.13. The van der Waals surface area contributed by atoms with E-state index in [2.05, 4.69) is 58.7 Å². The van der Waals surface area contributed by atoms with E-state index in [1.807, 2.05) is 12.1 Å². The van der Waals surface area contributed by atoms with Gasteiger partial charge in [0.1, 0.15) is 15.6 Å². The van der Waals surface area contributed by atoms with Crippen LogP contribution in [0.5, 0.6) is 0 Å². The first-order chi connectivity index (χ1) is 11.7. The maximum Gasteiger partial charge on any atom is 0.158 e. The molecule has 0 saturated carbocycles. The molecule has 1 atom stereocenters. The van der Waals surface area contributed by atoms with Crippen LogP contribution in [0.3, 0.4) is 0 Å². The van der Waals surface area contributed by atoms with Crippen LogP contribution in [0.4, 0.5) is 17.3 Å². The molecule has 24 heavy (non-hydrogen) atoms. The molecular weight excluding hydrogens is 423 g/mol. The van der Waals surface area contributed by atoms with E-state index >= 15 is 0 Å². The molecular formula is C14H15IN8O. The van der Waals surface area contributed by atoms with Crippen LogP contribution in [-0.2, 0) is 4.74 Å². The molecule has 0 unspecified atom stereocenters. The molecule has 0 bridgehead atoms. The van der Waals surface area contributed by atoms with E-state index < -0.39 is 0 Å². The Morgan fingerprint density at radius 3 is 2.96 bits per heavy atom. The Balaban J connectivity index is 1.65. The first-order valence-corrected chi connectivity index (χ1v) is 8.41. The molecule has 3 N–H and O–H groups in total. The van der Waals surface area contributed by atoms with Crippen LogP contribution in [0.2, 0.25) is 0 Å². The Morgan fingerprint density at radius 2 is 2.25 bits per heavy atom. The van der Waals surface area contributed by atoms with Gasteiger partial charge < -0.3 is 20.7 Å². The summed E-state index contributed by atoms with van der Waals surface area (Å²) in [5.41, 5.74) is 1.13. The fourth-order valence-corrected chi connectivity index (χ4v) is 2.57. The highest BCUT2D eigenvalue weighted by Crippen LogP contribution is 2.20. The van der Waals surface area contributed by atoms with Crippen molar-refractivity contribution >= 4 is 39.9 Å². The number of hydrogen-bond acceptors (Lipinski definition) is 9. The van der Waals surface area contributed by atoms with Crippen LogP contribution < -0.4 is 16.0 Å². The fraction of sp³-hybridized carbons (Fsp3) is 0.357. The molecule has 0 aliphatic carbocycles. The average Bonchev–Trinajstić information content (AvgIpc) is 2.63. The SMILES string of the molecule is N#Cc1cnc(Nc2cc(NC[C@@H]3CNCCO3)c(I)nn2)cn1. The zero-order valence-corrected chi connectivity index (χ0v) is 14.8. The zero-order chi connectivity index (χ0) is 16.8. The maximum atomic E-state index is 8.73. The van der Waals surface area contributed by atoms with Gasteiger partial charge in [-0.15, -0.1) is 10.2 Å². The number of nitrogens with one attached hydrogen (secondary N) is 3. The van der Waals surface area contributed by atoms with Crippen molar-refractivity contribution < 1.29 is 4.74 Å².